The summed E-state index contributed by atoms with van der Waals surface area (Å²) in [5, 5.41) is 7.69. The molecule has 1 aliphatic rings. The maximum absolute atomic E-state index is 5.96. The first-order valence-electron chi connectivity index (χ1n) is 7.83. The average molecular weight is 334 g/mol. The summed E-state index contributed by atoms with van der Waals surface area (Å²) in [6, 6.07) is 7.36. The maximum Gasteiger partial charge on any atom is 0.228 e. The molecule has 0 saturated heterocycles. The summed E-state index contributed by atoms with van der Waals surface area (Å²) in [6.07, 6.45) is 4.45. The number of benzene rings is 1. The van der Waals surface area contributed by atoms with E-state index in [1.54, 1.807) is 6.07 Å². The second-order valence-corrected chi connectivity index (χ2v) is 6.16. The van der Waals surface area contributed by atoms with E-state index in [0.717, 1.165) is 12.1 Å². The fraction of sp³-hybridized carbons (Fsp3) is 0.438. The van der Waals surface area contributed by atoms with Gasteiger partial charge >= 0.3 is 0 Å². The van der Waals surface area contributed by atoms with Crippen LogP contribution >= 0.6 is 11.6 Å². The zero-order valence-corrected chi connectivity index (χ0v) is 13.6. The van der Waals surface area contributed by atoms with Gasteiger partial charge in [-0.25, -0.2) is 0 Å². The van der Waals surface area contributed by atoms with E-state index in [0.29, 0.717) is 41.6 Å². The van der Waals surface area contributed by atoms with Gasteiger partial charge in [-0.15, -0.1) is 0 Å². The van der Waals surface area contributed by atoms with Gasteiger partial charge in [-0.2, -0.15) is 4.98 Å². The number of nitrogens with zero attached hydrogens (tertiary/aromatic N) is 3. The van der Waals surface area contributed by atoms with Crippen molar-refractivity contribution in [2.24, 2.45) is 16.6 Å². The van der Waals surface area contributed by atoms with Crippen LogP contribution in [0.15, 0.2) is 33.8 Å². The number of nitrogens with two attached hydrogens (primary N) is 1. The minimum absolute atomic E-state index is 0.478. The van der Waals surface area contributed by atoms with Gasteiger partial charge in [0.15, 0.2) is 5.96 Å². The van der Waals surface area contributed by atoms with Gasteiger partial charge in [0.1, 0.15) is 0 Å². The van der Waals surface area contributed by atoms with Crippen molar-refractivity contribution < 1.29 is 4.52 Å². The van der Waals surface area contributed by atoms with Crippen LogP contribution in [0.1, 0.15) is 25.2 Å². The number of hydrogen-bond acceptors (Lipinski definition) is 4. The van der Waals surface area contributed by atoms with Gasteiger partial charge < -0.3 is 15.6 Å². The monoisotopic (exact) mass is 333 g/mol. The molecule has 0 spiro atoms. The summed E-state index contributed by atoms with van der Waals surface area (Å²) < 4.78 is 5.24. The number of nitrogens with one attached hydrogen (secondary N) is 1. The Labute approximate surface area is 140 Å². The standard InChI is InChI=1S/C16H20ClN5O/c17-13-6-2-5-12(9-13)15-21-14(23-22-15)7-8-19-16(18)20-10-11-3-1-4-11/h2,5-6,9,11H,1,3-4,7-8,10H2,(H3,18,19,20). The highest BCUT2D eigenvalue weighted by atomic mass is 35.5. The van der Waals surface area contributed by atoms with Crippen molar-refractivity contribution in [1.29, 1.82) is 0 Å². The van der Waals surface area contributed by atoms with Gasteiger partial charge in [0.2, 0.25) is 11.7 Å². The molecule has 3 rings (SSSR count). The van der Waals surface area contributed by atoms with E-state index in [2.05, 4.69) is 20.4 Å². The van der Waals surface area contributed by atoms with Crippen molar-refractivity contribution in [1.82, 2.24) is 15.5 Å². The van der Waals surface area contributed by atoms with E-state index >= 15 is 0 Å². The Hall–Kier alpha value is -2.08. The summed E-state index contributed by atoms with van der Waals surface area (Å²) in [5.41, 5.74) is 6.67. The number of rotatable bonds is 6. The van der Waals surface area contributed by atoms with E-state index in [-0.39, 0.29) is 0 Å². The minimum atomic E-state index is 0.478. The first-order valence-corrected chi connectivity index (χ1v) is 8.21. The van der Waals surface area contributed by atoms with Crippen LogP contribution in [0.4, 0.5) is 0 Å². The average Bonchev–Trinajstić information content (AvgIpc) is 2.94. The molecule has 1 heterocycles. The lowest BCUT2D eigenvalue weighted by Crippen LogP contribution is -2.34. The highest BCUT2D eigenvalue weighted by Crippen LogP contribution is 2.26. The molecule has 122 valence electrons. The van der Waals surface area contributed by atoms with E-state index < -0.39 is 0 Å². The van der Waals surface area contributed by atoms with Crippen LogP contribution in [0, 0.1) is 5.92 Å². The highest BCUT2D eigenvalue weighted by molar-refractivity contribution is 6.30. The number of aromatic nitrogens is 2. The second kappa shape index (κ2) is 7.46. The number of guanidine groups is 1. The van der Waals surface area contributed by atoms with Crippen LogP contribution < -0.4 is 11.1 Å². The molecule has 23 heavy (non-hydrogen) atoms. The smallest absolute Gasteiger partial charge is 0.228 e. The van der Waals surface area contributed by atoms with Crippen molar-refractivity contribution in [3.63, 3.8) is 0 Å². The summed E-state index contributed by atoms with van der Waals surface area (Å²) in [7, 11) is 0. The Morgan fingerprint density at radius 1 is 1.43 bits per heavy atom. The van der Waals surface area contributed by atoms with E-state index in [4.69, 9.17) is 21.9 Å². The summed E-state index contributed by atoms with van der Waals surface area (Å²) in [5.74, 6) is 2.28. The Morgan fingerprint density at radius 2 is 2.30 bits per heavy atom. The Kier molecular flexibility index (Phi) is 5.12. The fourth-order valence-corrected chi connectivity index (χ4v) is 2.55. The van der Waals surface area contributed by atoms with Gasteiger partial charge in [0.25, 0.3) is 0 Å². The lowest BCUT2D eigenvalue weighted by molar-refractivity contribution is 0.326. The molecule has 6 nitrogen and oxygen atoms in total. The van der Waals surface area contributed by atoms with Crippen LogP contribution in [-0.4, -0.2) is 29.2 Å². The zero-order valence-electron chi connectivity index (χ0n) is 12.8. The van der Waals surface area contributed by atoms with E-state index in [9.17, 15) is 0 Å². The third-order valence-electron chi connectivity index (χ3n) is 3.94. The van der Waals surface area contributed by atoms with Gasteiger partial charge in [-0.05, 0) is 30.9 Å². The predicted molar refractivity (Wildman–Crippen MR) is 90.3 cm³/mol. The molecule has 0 radical (unpaired) electrons. The largest absolute Gasteiger partial charge is 0.370 e. The highest BCUT2D eigenvalue weighted by Gasteiger charge is 2.16. The molecule has 0 bridgehead atoms. The van der Waals surface area contributed by atoms with Gasteiger partial charge in [-0.1, -0.05) is 35.3 Å². The summed E-state index contributed by atoms with van der Waals surface area (Å²) in [6.45, 7) is 1.43. The first-order chi connectivity index (χ1) is 11.2. The van der Waals surface area contributed by atoms with Crippen molar-refractivity contribution in [2.45, 2.75) is 25.7 Å². The molecule has 1 aromatic heterocycles. The quantitative estimate of drug-likeness (QED) is 0.626. The van der Waals surface area contributed by atoms with Crippen LogP contribution in [-0.2, 0) is 6.42 Å². The molecule has 3 N–H and O–H groups in total. The normalized spacial score (nSPS) is 15.4. The fourth-order valence-electron chi connectivity index (χ4n) is 2.36. The van der Waals surface area contributed by atoms with E-state index in [1.807, 2.05) is 18.2 Å². The third-order valence-corrected chi connectivity index (χ3v) is 4.18. The second-order valence-electron chi connectivity index (χ2n) is 5.72. The molecule has 0 atom stereocenters. The molecular weight excluding hydrogens is 314 g/mol. The minimum Gasteiger partial charge on any atom is -0.370 e. The number of aliphatic imine (C=N–C) groups is 1. The number of hydrogen-bond donors (Lipinski definition) is 2. The van der Waals surface area contributed by atoms with Crippen molar-refractivity contribution >= 4 is 17.6 Å². The third kappa shape index (κ3) is 4.45. The van der Waals surface area contributed by atoms with Crippen molar-refractivity contribution in [3.05, 3.63) is 35.2 Å². The molecule has 7 heteroatoms. The molecule has 0 unspecified atom stereocenters. The molecule has 2 aromatic rings. The van der Waals surface area contributed by atoms with Gasteiger partial charge in [0.05, 0.1) is 0 Å². The zero-order chi connectivity index (χ0) is 16.1. The topological polar surface area (TPSA) is 89.3 Å². The summed E-state index contributed by atoms with van der Waals surface area (Å²) >= 11 is 5.96. The predicted octanol–water partition coefficient (Wildman–Crippen LogP) is 2.64. The SMILES string of the molecule is NC(=NCC1CCC1)NCCc1nc(-c2cccc(Cl)c2)no1. The molecule has 1 saturated carbocycles. The van der Waals surface area contributed by atoms with Crippen molar-refractivity contribution in [3.8, 4) is 11.4 Å². The van der Waals surface area contributed by atoms with Crippen LogP contribution in [0.25, 0.3) is 11.4 Å². The summed E-state index contributed by atoms with van der Waals surface area (Å²) in [4.78, 5) is 8.70. The Bertz CT molecular complexity index is 681. The molecular formula is C16H20ClN5O. The number of halogens is 1. The van der Waals surface area contributed by atoms with Crippen molar-refractivity contribution in [2.75, 3.05) is 13.1 Å². The Balaban J connectivity index is 1.47. The lowest BCUT2D eigenvalue weighted by Gasteiger charge is -2.23. The molecule has 0 aliphatic heterocycles. The molecule has 1 aromatic carbocycles. The Morgan fingerprint density at radius 3 is 3.04 bits per heavy atom. The van der Waals surface area contributed by atoms with Gasteiger partial charge in [-0.3, -0.25) is 4.99 Å². The maximum atomic E-state index is 5.96. The molecule has 0 amide bonds. The van der Waals surface area contributed by atoms with E-state index in [1.165, 1.54) is 19.3 Å². The van der Waals surface area contributed by atoms with Crippen LogP contribution in [0.3, 0.4) is 0 Å². The van der Waals surface area contributed by atoms with Gasteiger partial charge in [0, 0.05) is 30.1 Å². The van der Waals surface area contributed by atoms with Crippen LogP contribution in [0.2, 0.25) is 5.02 Å². The lowest BCUT2D eigenvalue weighted by atomic mass is 9.86. The van der Waals surface area contributed by atoms with Crippen LogP contribution in [0.5, 0.6) is 0 Å². The molecule has 1 aliphatic carbocycles. The first kappa shape index (κ1) is 15.8. The molecule has 1 fully saturated rings.